The van der Waals surface area contributed by atoms with Gasteiger partial charge in [-0.15, -0.1) is 24.0 Å². The molecule has 0 aromatic carbocycles. The van der Waals surface area contributed by atoms with E-state index in [0.29, 0.717) is 6.54 Å². The van der Waals surface area contributed by atoms with Crippen molar-refractivity contribution >= 4 is 35.8 Å². The van der Waals surface area contributed by atoms with Crippen LogP contribution in [0.25, 0.3) is 0 Å². The minimum Gasteiger partial charge on any atom is -0.468 e. The Morgan fingerprint density at radius 1 is 1.24 bits per heavy atom. The first-order valence-electron chi connectivity index (χ1n) is 10.1. The van der Waals surface area contributed by atoms with Crippen LogP contribution in [0.4, 0.5) is 5.82 Å². The molecule has 3 rings (SSSR count). The minimum atomic E-state index is 0. The topological polar surface area (TPSA) is 68.9 Å². The smallest absolute Gasteiger partial charge is 0.191 e. The molecule has 1 unspecified atom stereocenters. The van der Waals surface area contributed by atoms with Gasteiger partial charge in [-0.2, -0.15) is 0 Å². The third kappa shape index (κ3) is 6.60. The van der Waals surface area contributed by atoms with E-state index in [1.807, 2.05) is 37.3 Å². The zero-order valence-electron chi connectivity index (χ0n) is 17.6. The van der Waals surface area contributed by atoms with Crippen LogP contribution in [0.2, 0.25) is 0 Å². The molecule has 2 N–H and O–H groups in total. The van der Waals surface area contributed by atoms with E-state index in [-0.39, 0.29) is 30.0 Å². The van der Waals surface area contributed by atoms with Crippen LogP contribution in [-0.4, -0.2) is 56.1 Å². The number of likely N-dealkylation sites (tertiary alicyclic amines) is 1. The Morgan fingerprint density at radius 2 is 2.03 bits per heavy atom. The van der Waals surface area contributed by atoms with Crippen molar-refractivity contribution in [1.82, 2.24) is 20.5 Å². The highest BCUT2D eigenvalue weighted by molar-refractivity contribution is 14.0. The predicted octanol–water partition coefficient (Wildman–Crippen LogP) is 3.25. The van der Waals surface area contributed by atoms with Gasteiger partial charge < -0.3 is 20.0 Å². The van der Waals surface area contributed by atoms with Crippen molar-refractivity contribution in [3.63, 3.8) is 0 Å². The summed E-state index contributed by atoms with van der Waals surface area (Å²) in [6.45, 7) is 6.45. The molecule has 1 aliphatic rings. The highest BCUT2D eigenvalue weighted by Crippen LogP contribution is 2.24. The zero-order chi connectivity index (χ0) is 19.8. The molecule has 1 fully saturated rings. The van der Waals surface area contributed by atoms with Crippen LogP contribution >= 0.6 is 24.0 Å². The van der Waals surface area contributed by atoms with Crippen molar-refractivity contribution in [2.45, 2.75) is 32.4 Å². The van der Waals surface area contributed by atoms with Gasteiger partial charge in [0.25, 0.3) is 0 Å². The average molecular weight is 512 g/mol. The van der Waals surface area contributed by atoms with Crippen molar-refractivity contribution in [3.8, 4) is 0 Å². The number of anilines is 1. The van der Waals surface area contributed by atoms with Gasteiger partial charge in [0.1, 0.15) is 11.6 Å². The number of guanidine groups is 1. The second-order valence-corrected chi connectivity index (χ2v) is 7.23. The van der Waals surface area contributed by atoms with E-state index < -0.39 is 0 Å². The van der Waals surface area contributed by atoms with Crippen molar-refractivity contribution in [2.24, 2.45) is 4.99 Å². The molecule has 7 nitrogen and oxygen atoms in total. The number of aliphatic imine (C=N–C) groups is 1. The highest BCUT2D eigenvalue weighted by Gasteiger charge is 2.25. The molecule has 0 aliphatic carbocycles. The number of nitrogens with one attached hydrogen (secondary N) is 2. The second-order valence-electron chi connectivity index (χ2n) is 7.23. The zero-order valence-corrected chi connectivity index (χ0v) is 19.9. The lowest BCUT2D eigenvalue weighted by atomic mass is 10.2. The molecule has 0 bridgehead atoms. The Kier molecular flexibility index (Phi) is 9.72. The molecule has 0 saturated carbocycles. The molecular formula is C21H33IN6O. The molecule has 160 valence electrons. The van der Waals surface area contributed by atoms with Gasteiger partial charge in [-0.1, -0.05) is 6.07 Å². The number of rotatable bonds is 8. The van der Waals surface area contributed by atoms with Gasteiger partial charge in [0.05, 0.1) is 18.8 Å². The lowest BCUT2D eigenvalue weighted by molar-refractivity contribution is 0.215. The van der Waals surface area contributed by atoms with Crippen molar-refractivity contribution in [3.05, 3.63) is 48.0 Å². The number of aromatic nitrogens is 1. The van der Waals surface area contributed by atoms with Gasteiger partial charge in [0.2, 0.25) is 0 Å². The van der Waals surface area contributed by atoms with Crippen LogP contribution in [0.5, 0.6) is 0 Å². The first-order valence-corrected chi connectivity index (χ1v) is 10.1. The van der Waals surface area contributed by atoms with Gasteiger partial charge >= 0.3 is 0 Å². The van der Waals surface area contributed by atoms with Gasteiger partial charge in [-0.25, -0.2) is 9.98 Å². The number of halogens is 1. The summed E-state index contributed by atoms with van der Waals surface area (Å²) < 4.78 is 5.72. The molecule has 29 heavy (non-hydrogen) atoms. The van der Waals surface area contributed by atoms with E-state index in [0.717, 1.165) is 49.3 Å². The minimum absolute atomic E-state index is 0. The number of nitrogens with zero attached hydrogens (tertiary/aromatic N) is 4. The maximum absolute atomic E-state index is 5.72. The lowest BCUT2D eigenvalue weighted by Gasteiger charge is -2.26. The molecule has 2 aromatic rings. The van der Waals surface area contributed by atoms with Crippen molar-refractivity contribution in [1.29, 1.82) is 0 Å². The van der Waals surface area contributed by atoms with Crippen molar-refractivity contribution in [2.75, 3.05) is 45.2 Å². The standard InChI is InChI=1S/C21H32N6O.HI/c1-4-22-21(24-15-17-9-7-11-23-20(17)26(2)3)25-16-18(19-10-8-14-28-19)27-12-5-6-13-27;/h7-11,14,18H,4-6,12-13,15-16H2,1-3H3,(H2,22,24,25);1H. The van der Waals surface area contributed by atoms with Gasteiger partial charge in [0, 0.05) is 38.9 Å². The third-order valence-corrected chi connectivity index (χ3v) is 4.96. The largest absolute Gasteiger partial charge is 0.468 e. The fraction of sp³-hybridized carbons (Fsp3) is 0.524. The second kappa shape index (κ2) is 12.0. The number of furan rings is 1. The monoisotopic (exact) mass is 512 g/mol. The van der Waals surface area contributed by atoms with Crippen LogP contribution in [0.1, 0.15) is 37.1 Å². The molecule has 1 atom stereocenters. The summed E-state index contributed by atoms with van der Waals surface area (Å²) >= 11 is 0. The normalized spacial score (nSPS) is 15.6. The molecule has 3 heterocycles. The number of pyridine rings is 1. The molecule has 0 amide bonds. The number of hydrogen-bond donors (Lipinski definition) is 2. The Labute approximate surface area is 191 Å². The van der Waals surface area contributed by atoms with E-state index in [2.05, 4.69) is 39.6 Å². The summed E-state index contributed by atoms with van der Waals surface area (Å²) in [7, 11) is 4.01. The first-order chi connectivity index (χ1) is 13.7. The lowest BCUT2D eigenvalue weighted by Crippen LogP contribution is -2.42. The maximum Gasteiger partial charge on any atom is 0.191 e. The SMILES string of the molecule is CCNC(=NCc1cccnc1N(C)C)NCC(c1ccco1)N1CCCC1.I. The first kappa shape index (κ1) is 23.5. The van der Waals surface area contributed by atoms with Crippen LogP contribution in [0.15, 0.2) is 46.1 Å². The van der Waals surface area contributed by atoms with Crippen molar-refractivity contribution < 1.29 is 4.42 Å². The molecule has 8 heteroatoms. The summed E-state index contributed by atoms with van der Waals surface area (Å²) in [5.41, 5.74) is 1.10. The molecule has 1 aliphatic heterocycles. The summed E-state index contributed by atoms with van der Waals surface area (Å²) in [5, 5.41) is 6.86. The van der Waals surface area contributed by atoms with Crippen LogP contribution in [-0.2, 0) is 6.54 Å². The van der Waals surface area contributed by atoms with Gasteiger partial charge in [-0.3, -0.25) is 4.90 Å². The molecule has 1 saturated heterocycles. The Hall–Kier alpha value is -1.81. The highest BCUT2D eigenvalue weighted by atomic mass is 127. The van der Waals surface area contributed by atoms with Crippen LogP contribution in [0.3, 0.4) is 0 Å². The summed E-state index contributed by atoms with van der Waals surface area (Å²) in [4.78, 5) is 13.8. The molecule has 2 aromatic heterocycles. The predicted molar refractivity (Wildman–Crippen MR) is 129 cm³/mol. The molecule has 0 spiro atoms. The van der Waals surface area contributed by atoms with Gasteiger partial charge in [0.15, 0.2) is 5.96 Å². The fourth-order valence-electron chi connectivity index (χ4n) is 3.60. The van der Waals surface area contributed by atoms with Gasteiger partial charge in [-0.05, 0) is 51.1 Å². The molecular weight excluding hydrogens is 479 g/mol. The Morgan fingerprint density at radius 3 is 2.69 bits per heavy atom. The summed E-state index contributed by atoms with van der Waals surface area (Å²) in [5.74, 6) is 2.77. The van der Waals surface area contributed by atoms with Crippen LogP contribution < -0.4 is 15.5 Å². The summed E-state index contributed by atoms with van der Waals surface area (Å²) in [6.07, 6.45) is 6.07. The quantitative estimate of drug-likeness (QED) is 0.322. The summed E-state index contributed by atoms with van der Waals surface area (Å²) in [6, 6.07) is 8.28. The maximum atomic E-state index is 5.72. The fourth-order valence-corrected chi connectivity index (χ4v) is 3.60. The van der Waals surface area contributed by atoms with E-state index >= 15 is 0 Å². The average Bonchev–Trinajstić information content (AvgIpc) is 3.41. The van der Waals surface area contributed by atoms with Crippen LogP contribution in [0, 0.1) is 0 Å². The Balaban J connectivity index is 0.00000300. The number of hydrogen-bond acceptors (Lipinski definition) is 5. The van der Waals surface area contributed by atoms with E-state index in [1.54, 1.807) is 6.26 Å². The van der Waals surface area contributed by atoms with E-state index in [1.165, 1.54) is 12.8 Å². The third-order valence-electron chi connectivity index (χ3n) is 4.96. The molecule has 0 radical (unpaired) electrons. The Bertz CT molecular complexity index is 743. The van der Waals surface area contributed by atoms with E-state index in [9.17, 15) is 0 Å². The van der Waals surface area contributed by atoms with E-state index in [4.69, 9.17) is 9.41 Å².